The van der Waals surface area contributed by atoms with Crippen LogP contribution in [0.2, 0.25) is 0 Å². The number of Topliss-reactive ketones (excluding diaryl/α,β-unsaturated/α-hetero) is 1. The molecule has 2 aromatic rings. The second kappa shape index (κ2) is 20.3. The summed E-state index contributed by atoms with van der Waals surface area (Å²) in [5.41, 5.74) is 1.08. The number of hydrogen-bond donors (Lipinski definition) is 0. The number of methoxy groups -OCH3 is 2. The van der Waals surface area contributed by atoms with Crippen LogP contribution in [0.1, 0.15) is 132 Å². The number of ketones is 1. The van der Waals surface area contributed by atoms with Crippen LogP contribution in [0.3, 0.4) is 0 Å². The first-order valence-corrected chi connectivity index (χ1v) is 17.6. The molecule has 45 heavy (non-hydrogen) atoms. The second-order valence-electron chi connectivity index (χ2n) is 13.0. The molecule has 1 aliphatic heterocycles. The Balaban J connectivity index is 1.48. The van der Waals surface area contributed by atoms with E-state index in [4.69, 9.17) is 9.47 Å². The third kappa shape index (κ3) is 11.8. The zero-order valence-electron chi connectivity index (χ0n) is 28.3. The maximum Gasteiger partial charge on any atom is 0.166 e. The summed E-state index contributed by atoms with van der Waals surface area (Å²) in [5.74, 6) is 1.18. The Bertz CT molecular complexity index is 1170. The standard InChI is InChI=1S/C39H57FN2O3/c1-4-5-6-7-8-9-10-11-12-13-14-25-39(31-41,34-19-22-36(44-2)37(30-34)45-3)26-15-16-27-42-28-23-33(24-29-42)38(43)32-17-20-35(40)21-18-32/h17-22,30,33H,4-16,23-29H2,1-3H3. The fraction of sp³-hybridized carbons (Fsp3) is 0.641. The molecule has 0 radical (unpaired) electrons. The van der Waals surface area contributed by atoms with Gasteiger partial charge in [0.25, 0.3) is 0 Å². The van der Waals surface area contributed by atoms with E-state index >= 15 is 0 Å². The molecule has 0 saturated carbocycles. The van der Waals surface area contributed by atoms with Gasteiger partial charge in [0.15, 0.2) is 17.3 Å². The largest absolute Gasteiger partial charge is 0.493 e. The average Bonchev–Trinajstić information content (AvgIpc) is 3.08. The van der Waals surface area contributed by atoms with E-state index in [2.05, 4.69) is 17.9 Å². The van der Waals surface area contributed by atoms with Crippen molar-refractivity contribution < 1.29 is 18.7 Å². The molecular weight excluding hydrogens is 563 g/mol. The lowest BCUT2D eigenvalue weighted by atomic mass is 9.73. The van der Waals surface area contributed by atoms with Crippen molar-refractivity contribution >= 4 is 5.78 Å². The van der Waals surface area contributed by atoms with Crippen LogP contribution in [0.4, 0.5) is 4.39 Å². The summed E-state index contributed by atoms with van der Waals surface area (Å²) in [7, 11) is 3.29. The monoisotopic (exact) mass is 620 g/mol. The summed E-state index contributed by atoms with van der Waals surface area (Å²) in [6.45, 7) is 5.04. The smallest absolute Gasteiger partial charge is 0.166 e. The zero-order chi connectivity index (χ0) is 32.3. The molecule has 5 nitrogen and oxygen atoms in total. The lowest BCUT2D eigenvalue weighted by Crippen LogP contribution is -2.37. The number of benzene rings is 2. The van der Waals surface area contributed by atoms with Crippen molar-refractivity contribution in [3.05, 3.63) is 59.4 Å². The first kappa shape index (κ1) is 36.6. The summed E-state index contributed by atoms with van der Waals surface area (Å²) in [4.78, 5) is 15.3. The first-order valence-electron chi connectivity index (χ1n) is 17.6. The van der Waals surface area contributed by atoms with E-state index in [-0.39, 0.29) is 17.5 Å². The Morgan fingerprint density at radius 2 is 1.38 bits per heavy atom. The fourth-order valence-electron chi connectivity index (χ4n) is 6.85. The molecule has 0 bridgehead atoms. The van der Waals surface area contributed by atoms with Gasteiger partial charge in [0.1, 0.15) is 5.82 Å². The molecule has 1 fully saturated rings. The van der Waals surface area contributed by atoms with Crippen molar-refractivity contribution in [3.63, 3.8) is 0 Å². The number of nitriles is 1. The molecule has 3 rings (SSSR count). The van der Waals surface area contributed by atoms with Crippen LogP contribution >= 0.6 is 0 Å². The van der Waals surface area contributed by atoms with Gasteiger partial charge in [0.2, 0.25) is 0 Å². The molecule has 248 valence electrons. The maximum absolute atomic E-state index is 13.3. The van der Waals surface area contributed by atoms with Crippen LogP contribution in [-0.4, -0.2) is 44.5 Å². The molecule has 1 heterocycles. The van der Waals surface area contributed by atoms with Gasteiger partial charge < -0.3 is 14.4 Å². The number of carbonyl (C=O) groups is 1. The van der Waals surface area contributed by atoms with Crippen LogP contribution in [0.5, 0.6) is 11.5 Å². The minimum Gasteiger partial charge on any atom is -0.493 e. The van der Waals surface area contributed by atoms with Crippen molar-refractivity contribution in [2.45, 2.75) is 121 Å². The van der Waals surface area contributed by atoms with E-state index < -0.39 is 5.41 Å². The van der Waals surface area contributed by atoms with Crippen LogP contribution < -0.4 is 9.47 Å². The lowest BCUT2D eigenvalue weighted by Gasteiger charge is -2.32. The lowest BCUT2D eigenvalue weighted by molar-refractivity contribution is 0.0838. The SMILES string of the molecule is CCCCCCCCCCCCCC(C#N)(CCCCN1CCC(C(=O)c2ccc(F)cc2)CC1)c1ccc(OC)c(OC)c1. The molecule has 1 aliphatic rings. The van der Waals surface area contributed by atoms with Gasteiger partial charge in [-0.2, -0.15) is 5.26 Å². The zero-order valence-corrected chi connectivity index (χ0v) is 28.3. The summed E-state index contributed by atoms with van der Waals surface area (Å²) < 4.78 is 24.4. The molecule has 0 N–H and O–H groups in total. The van der Waals surface area contributed by atoms with Crippen molar-refractivity contribution in [2.75, 3.05) is 33.9 Å². The fourth-order valence-corrected chi connectivity index (χ4v) is 6.85. The van der Waals surface area contributed by atoms with Crippen LogP contribution in [0.25, 0.3) is 0 Å². The molecule has 1 atom stereocenters. The van der Waals surface area contributed by atoms with E-state index in [0.29, 0.717) is 17.1 Å². The van der Waals surface area contributed by atoms with Gasteiger partial charge in [0.05, 0.1) is 25.7 Å². The summed E-state index contributed by atoms with van der Waals surface area (Å²) in [5, 5.41) is 10.6. The van der Waals surface area contributed by atoms with Gasteiger partial charge in [-0.25, -0.2) is 4.39 Å². The highest BCUT2D eigenvalue weighted by molar-refractivity contribution is 5.97. The number of hydrogen-bond acceptors (Lipinski definition) is 5. The Morgan fingerprint density at radius 1 is 0.822 bits per heavy atom. The van der Waals surface area contributed by atoms with E-state index in [1.807, 2.05) is 18.2 Å². The molecular formula is C39H57FN2O3. The summed E-state index contributed by atoms with van der Waals surface area (Å²) in [6.07, 6.45) is 19.5. The Labute approximate surface area is 272 Å². The number of carbonyl (C=O) groups excluding carboxylic acids is 1. The first-order chi connectivity index (χ1) is 22.0. The number of ether oxygens (including phenoxy) is 2. The number of unbranched alkanes of at least 4 members (excludes halogenated alkanes) is 11. The molecule has 0 aliphatic carbocycles. The number of piperidine rings is 1. The predicted octanol–water partition coefficient (Wildman–Crippen LogP) is 10.1. The average molecular weight is 621 g/mol. The minimum absolute atomic E-state index is 0.00815. The number of likely N-dealkylation sites (tertiary alicyclic amines) is 1. The quantitative estimate of drug-likeness (QED) is 0.0968. The van der Waals surface area contributed by atoms with Crippen molar-refractivity contribution in [3.8, 4) is 17.6 Å². The summed E-state index contributed by atoms with van der Waals surface area (Å²) >= 11 is 0. The number of nitrogens with zero attached hydrogens (tertiary/aromatic N) is 2. The highest BCUT2D eigenvalue weighted by atomic mass is 19.1. The molecule has 0 aromatic heterocycles. The highest BCUT2D eigenvalue weighted by Gasteiger charge is 2.33. The van der Waals surface area contributed by atoms with Crippen molar-refractivity contribution in [2.24, 2.45) is 5.92 Å². The molecule has 0 spiro atoms. The Hall–Kier alpha value is -2.91. The predicted molar refractivity (Wildman–Crippen MR) is 182 cm³/mol. The molecule has 0 amide bonds. The number of halogens is 1. The van der Waals surface area contributed by atoms with E-state index in [1.54, 1.807) is 26.4 Å². The van der Waals surface area contributed by atoms with Crippen molar-refractivity contribution in [1.82, 2.24) is 4.90 Å². The van der Waals surface area contributed by atoms with Gasteiger partial charge in [-0.1, -0.05) is 90.0 Å². The Kier molecular flexibility index (Phi) is 16.5. The maximum atomic E-state index is 13.3. The minimum atomic E-state index is -0.548. The third-order valence-corrected chi connectivity index (χ3v) is 9.77. The third-order valence-electron chi connectivity index (χ3n) is 9.77. The van der Waals surface area contributed by atoms with Crippen LogP contribution in [0.15, 0.2) is 42.5 Å². The van der Waals surface area contributed by atoms with Gasteiger partial charge in [-0.05, 0) is 93.7 Å². The van der Waals surface area contributed by atoms with E-state index in [1.165, 1.54) is 69.9 Å². The van der Waals surface area contributed by atoms with E-state index in [0.717, 1.165) is 76.6 Å². The molecule has 2 aromatic carbocycles. The van der Waals surface area contributed by atoms with Gasteiger partial charge >= 0.3 is 0 Å². The topological polar surface area (TPSA) is 62.6 Å². The van der Waals surface area contributed by atoms with Crippen LogP contribution in [0, 0.1) is 23.1 Å². The highest BCUT2D eigenvalue weighted by Crippen LogP contribution is 2.39. The van der Waals surface area contributed by atoms with Crippen LogP contribution in [-0.2, 0) is 5.41 Å². The summed E-state index contributed by atoms with van der Waals surface area (Å²) in [6, 6.07) is 14.7. The molecule has 1 unspecified atom stereocenters. The van der Waals surface area contributed by atoms with Gasteiger partial charge in [-0.15, -0.1) is 0 Å². The van der Waals surface area contributed by atoms with Crippen molar-refractivity contribution in [1.29, 1.82) is 5.26 Å². The number of rotatable bonds is 22. The van der Waals surface area contributed by atoms with Gasteiger partial charge in [0, 0.05) is 11.5 Å². The Morgan fingerprint density at radius 3 is 1.93 bits per heavy atom. The molecule has 1 saturated heterocycles. The van der Waals surface area contributed by atoms with Gasteiger partial charge in [-0.3, -0.25) is 4.79 Å². The normalized spacial score (nSPS) is 15.4. The second-order valence-corrected chi connectivity index (χ2v) is 13.0. The molecule has 6 heteroatoms. The van der Waals surface area contributed by atoms with E-state index in [9.17, 15) is 14.4 Å².